The molecule has 5 rings (SSSR count). The zero-order valence-electron chi connectivity index (χ0n) is 25.0. The van der Waals surface area contributed by atoms with Crippen molar-refractivity contribution in [3.05, 3.63) is 63.0 Å². The molecule has 0 aliphatic carbocycles. The first-order chi connectivity index (χ1) is 20.3. The average molecular weight is 629 g/mol. The van der Waals surface area contributed by atoms with Crippen LogP contribution in [0.2, 0.25) is 0 Å². The molecule has 2 fully saturated rings. The summed E-state index contributed by atoms with van der Waals surface area (Å²) in [5.41, 5.74) is 0.682. The van der Waals surface area contributed by atoms with Crippen molar-refractivity contribution in [1.29, 1.82) is 0 Å². The summed E-state index contributed by atoms with van der Waals surface area (Å²) in [5.74, 6) is -1.23. The number of nitrogens with zero attached hydrogens (tertiary/aromatic N) is 5. The molecule has 0 saturated carbocycles. The Kier molecular flexibility index (Phi) is 8.61. The number of aromatic nitrogens is 1. The van der Waals surface area contributed by atoms with Crippen LogP contribution >= 0.6 is 23.6 Å². The molecule has 4 heterocycles. The van der Waals surface area contributed by atoms with E-state index in [1.165, 1.54) is 17.4 Å². The average Bonchev–Trinajstić information content (AvgIpc) is 3.56. The summed E-state index contributed by atoms with van der Waals surface area (Å²) in [6, 6.07) is 4.03. The lowest BCUT2D eigenvalue weighted by Gasteiger charge is -2.45. The molecular weight excluding hydrogens is 592 g/mol. The minimum Gasteiger partial charge on any atom is -0.481 e. The number of fused-ring (bicyclic) bond motifs is 1. The number of halogens is 1. The molecule has 0 spiro atoms. The Morgan fingerprint density at radius 2 is 2.07 bits per heavy atom. The number of ether oxygens (including phenoxy) is 1. The van der Waals surface area contributed by atoms with Crippen LogP contribution in [0.1, 0.15) is 49.9 Å². The topological polar surface area (TPSA) is 111 Å². The van der Waals surface area contributed by atoms with E-state index in [9.17, 15) is 19.1 Å². The van der Waals surface area contributed by atoms with Crippen molar-refractivity contribution in [1.82, 2.24) is 25.0 Å². The van der Waals surface area contributed by atoms with Crippen molar-refractivity contribution in [3.63, 3.8) is 0 Å². The van der Waals surface area contributed by atoms with E-state index in [1.54, 1.807) is 46.0 Å². The monoisotopic (exact) mass is 628 g/mol. The highest BCUT2D eigenvalue weighted by Gasteiger charge is 2.49. The van der Waals surface area contributed by atoms with E-state index in [-0.39, 0.29) is 18.0 Å². The maximum absolute atomic E-state index is 14.8. The fourth-order valence-corrected chi connectivity index (χ4v) is 7.09. The molecule has 230 valence electrons. The van der Waals surface area contributed by atoms with Gasteiger partial charge < -0.3 is 25.0 Å². The number of nitrogens with one attached hydrogen (secondary N) is 1. The molecule has 0 amide bonds. The van der Waals surface area contributed by atoms with Crippen LogP contribution in [0, 0.1) is 18.2 Å². The lowest BCUT2D eigenvalue weighted by atomic mass is 9.91. The Balaban J connectivity index is 1.48. The minimum atomic E-state index is -0.949. The molecule has 0 radical (unpaired) electrons. The van der Waals surface area contributed by atoms with Crippen LogP contribution in [-0.4, -0.2) is 99.1 Å². The number of piperazine rings is 1. The van der Waals surface area contributed by atoms with E-state index in [0.717, 1.165) is 0 Å². The van der Waals surface area contributed by atoms with Gasteiger partial charge in [-0.15, -0.1) is 11.3 Å². The largest absolute Gasteiger partial charge is 0.481 e. The number of carbonyl (C=O) groups excluding carboxylic acids is 1. The number of thiazole rings is 1. The second-order valence-electron chi connectivity index (χ2n) is 12.1. The number of esters is 1. The summed E-state index contributed by atoms with van der Waals surface area (Å²) >= 11 is 7.23. The van der Waals surface area contributed by atoms with Gasteiger partial charge >= 0.3 is 11.9 Å². The minimum absolute atomic E-state index is 0.185. The number of benzene rings is 1. The number of hydrogen-bond donors (Lipinski definition) is 2. The van der Waals surface area contributed by atoms with E-state index in [4.69, 9.17) is 21.9 Å². The second kappa shape index (κ2) is 11.9. The summed E-state index contributed by atoms with van der Waals surface area (Å²) in [7, 11) is 0. The Morgan fingerprint density at radius 3 is 2.74 bits per heavy atom. The number of carboxylic acid groups (broad SMARTS) is 1. The van der Waals surface area contributed by atoms with Gasteiger partial charge in [-0.1, -0.05) is 12.1 Å². The van der Waals surface area contributed by atoms with Gasteiger partial charge in [0.15, 0.2) is 16.0 Å². The molecule has 1 aromatic heterocycles. The van der Waals surface area contributed by atoms with E-state index in [1.807, 2.05) is 10.3 Å². The van der Waals surface area contributed by atoms with Crippen LogP contribution in [0.4, 0.5) is 4.39 Å². The maximum Gasteiger partial charge on any atom is 0.338 e. The third kappa shape index (κ3) is 6.02. The summed E-state index contributed by atoms with van der Waals surface area (Å²) in [6.45, 7) is 12.4. The summed E-state index contributed by atoms with van der Waals surface area (Å²) in [6.07, 6.45) is 1.69. The van der Waals surface area contributed by atoms with E-state index in [2.05, 4.69) is 27.0 Å². The first-order valence-corrected chi connectivity index (χ1v) is 15.6. The Morgan fingerprint density at radius 1 is 1.30 bits per heavy atom. The van der Waals surface area contributed by atoms with Gasteiger partial charge in [-0.2, -0.15) is 0 Å². The van der Waals surface area contributed by atoms with Crippen LogP contribution in [-0.2, 0) is 14.3 Å². The lowest BCUT2D eigenvalue weighted by Crippen LogP contribution is -2.60. The van der Waals surface area contributed by atoms with Crippen LogP contribution in [0.15, 0.2) is 46.0 Å². The number of amidine groups is 1. The number of carbonyl (C=O) groups is 2. The molecule has 2 atom stereocenters. The highest BCUT2D eigenvalue weighted by molar-refractivity contribution is 7.80. The number of carboxylic acids is 1. The quantitative estimate of drug-likeness (QED) is 0.316. The van der Waals surface area contributed by atoms with Crippen molar-refractivity contribution < 1.29 is 23.8 Å². The van der Waals surface area contributed by atoms with Crippen molar-refractivity contribution >= 4 is 46.4 Å². The number of aliphatic imine (C=N–C) groups is 1. The van der Waals surface area contributed by atoms with Crippen LogP contribution in [0.3, 0.4) is 0 Å². The molecule has 1 aromatic carbocycles. The van der Waals surface area contributed by atoms with Crippen molar-refractivity contribution in [2.45, 2.75) is 46.2 Å². The third-order valence-electron chi connectivity index (χ3n) is 8.30. The zero-order chi connectivity index (χ0) is 31.1. The molecule has 13 heteroatoms. The highest BCUT2D eigenvalue weighted by Crippen LogP contribution is 2.37. The van der Waals surface area contributed by atoms with Gasteiger partial charge in [0.05, 0.1) is 23.1 Å². The standard InChI is InChI=1S/C30H37FN6O4S2/c1-6-41-26(38)22-21(33-24(25-32-10-13-43-25)34-23(22)19-8-7-9-20(31)18(19)2)14-35-11-12-37-28(42)36(17-30(37,5)16-35)15-29(3,4)27(39)40/h7-10,13,23H,6,11-12,14-17H2,1-5H3,(H,33,34)(H,39,40). The van der Waals surface area contributed by atoms with Crippen molar-refractivity contribution in [2.24, 2.45) is 10.4 Å². The summed E-state index contributed by atoms with van der Waals surface area (Å²) in [4.78, 5) is 41.1. The SMILES string of the molecule is CCOC(=O)C1=C(CN2CCN3C(=S)N(CC(C)(C)C(=O)O)CC3(C)C2)NC(c2nccs2)=NC1c1cccc(F)c1C. The van der Waals surface area contributed by atoms with Gasteiger partial charge in [-0.3, -0.25) is 14.7 Å². The van der Waals surface area contributed by atoms with Gasteiger partial charge in [0.1, 0.15) is 11.9 Å². The van der Waals surface area contributed by atoms with Crippen LogP contribution < -0.4 is 5.32 Å². The summed E-state index contributed by atoms with van der Waals surface area (Å²) in [5, 5.41) is 16.3. The van der Waals surface area contributed by atoms with Gasteiger partial charge in [-0.05, 0) is 64.0 Å². The summed E-state index contributed by atoms with van der Waals surface area (Å²) < 4.78 is 20.3. The molecule has 3 aliphatic rings. The van der Waals surface area contributed by atoms with Crippen molar-refractivity contribution in [2.75, 3.05) is 45.9 Å². The van der Waals surface area contributed by atoms with Gasteiger partial charge in [0, 0.05) is 56.5 Å². The van der Waals surface area contributed by atoms with Gasteiger partial charge in [0.2, 0.25) is 0 Å². The molecule has 2 saturated heterocycles. The van der Waals surface area contributed by atoms with E-state index >= 15 is 0 Å². The molecule has 2 N–H and O–H groups in total. The van der Waals surface area contributed by atoms with E-state index in [0.29, 0.717) is 77.6 Å². The molecule has 2 unspecified atom stereocenters. The molecular formula is C30H37FN6O4S2. The molecule has 0 bridgehead atoms. The normalized spacial score (nSPS) is 22.8. The van der Waals surface area contributed by atoms with Gasteiger partial charge in [-0.25, -0.2) is 14.2 Å². The smallest absolute Gasteiger partial charge is 0.338 e. The molecule has 2 aromatic rings. The fourth-order valence-electron chi connectivity index (χ4n) is 6.06. The number of thiocarbonyl (C=S) groups is 1. The lowest BCUT2D eigenvalue weighted by molar-refractivity contribution is -0.147. The number of aliphatic carboxylic acids is 1. The highest BCUT2D eigenvalue weighted by atomic mass is 32.1. The van der Waals surface area contributed by atoms with Crippen LogP contribution in [0.5, 0.6) is 0 Å². The Labute approximate surface area is 260 Å². The van der Waals surface area contributed by atoms with Gasteiger partial charge in [0.25, 0.3) is 0 Å². The van der Waals surface area contributed by atoms with Crippen molar-refractivity contribution in [3.8, 4) is 0 Å². The fraction of sp³-hybridized carbons (Fsp3) is 0.500. The Hall–Kier alpha value is -3.42. The van der Waals surface area contributed by atoms with E-state index < -0.39 is 23.4 Å². The molecule has 3 aliphatic heterocycles. The number of hydrogen-bond acceptors (Lipinski definition) is 9. The first kappa shape index (κ1) is 31.0. The number of rotatable bonds is 9. The zero-order valence-corrected chi connectivity index (χ0v) is 26.6. The Bertz CT molecular complexity index is 1490. The predicted molar refractivity (Wildman–Crippen MR) is 166 cm³/mol. The first-order valence-electron chi connectivity index (χ1n) is 14.3. The maximum atomic E-state index is 14.8. The third-order valence-corrected chi connectivity index (χ3v) is 9.55. The molecule has 10 nitrogen and oxygen atoms in total. The predicted octanol–water partition coefficient (Wildman–Crippen LogP) is 3.59. The molecule has 43 heavy (non-hydrogen) atoms. The van der Waals surface area contributed by atoms with Crippen LogP contribution in [0.25, 0.3) is 0 Å². The second-order valence-corrected chi connectivity index (χ2v) is 13.4.